The highest BCUT2D eigenvalue weighted by Crippen LogP contribution is 2.41. The summed E-state index contributed by atoms with van der Waals surface area (Å²) >= 11 is 0. The van der Waals surface area contributed by atoms with E-state index >= 15 is 0 Å². The van der Waals surface area contributed by atoms with E-state index in [0.29, 0.717) is 18.4 Å². The van der Waals surface area contributed by atoms with E-state index in [1.54, 1.807) is 19.2 Å². The Morgan fingerprint density at radius 1 is 1.09 bits per heavy atom. The number of methoxy groups -OCH3 is 1. The number of carbonyl (C=O) groups excluding carboxylic acids is 1. The van der Waals surface area contributed by atoms with Crippen molar-refractivity contribution in [3.05, 3.63) is 35.6 Å². The summed E-state index contributed by atoms with van der Waals surface area (Å²) in [6.07, 6.45) is -0.00516. The third-order valence-corrected chi connectivity index (χ3v) is 6.15. The number of halogens is 4. The number of rotatable bonds is 5. The Hall–Kier alpha value is -2.20. The zero-order valence-electron chi connectivity index (χ0n) is 18.2. The maximum atomic E-state index is 13.3. The molecule has 2 aliphatic rings. The molecule has 0 radical (unpaired) electrons. The number of benzene rings is 1. The summed E-state index contributed by atoms with van der Waals surface area (Å²) in [4.78, 5) is 25.4. The molecule has 0 bridgehead atoms. The van der Waals surface area contributed by atoms with Gasteiger partial charge in [-0.3, -0.25) is 9.69 Å². The molecule has 0 aromatic heterocycles. The Kier molecular flexibility index (Phi) is 9.45. The molecule has 6 nitrogen and oxygen atoms in total. The van der Waals surface area contributed by atoms with Crippen molar-refractivity contribution in [2.75, 3.05) is 39.9 Å². The van der Waals surface area contributed by atoms with Crippen molar-refractivity contribution in [3.63, 3.8) is 0 Å². The molecule has 180 valence electrons. The highest BCUT2D eigenvalue weighted by Gasteiger charge is 2.39. The molecule has 10 heteroatoms. The van der Waals surface area contributed by atoms with Gasteiger partial charge in [-0.2, -0.15) is 13.2 Å². The molecule has 0 unspecified atom stereocenters. The Morgan fingerprint density at radius 3 is 2.16 bits per heavy atom. The van der Waals surface area contributed by atoms with E-state index in [9.17, 15) is 22.4 Å². The molecular weight excluding hydrogens is 432 g/mol. The van der Waals surface area contributed by atoms with Gasteiger partial charge in [0.2, 0.25) is 5.91 Å². The van der Waals surface area contributed by atoms with Crippen molar-refractivity contribution >= 4 is 11.9 Å². The lowest BCUT2D eigenvalue weighted by Gasteiger charge is -2.47. The van der Waals surface area contributed by atoms with E-state index in [-0.39, 0.29) is 11.7 Å². The fourth-order valence-corrected chi connectivity index (χ4v) is 4.16. The summed E-state index contributed by atoms with van der Waals surface area (Å²) in [6.45, 7) is 5.23. The largest absolute Gasteiger partial charge is 0.490 e. The second kappa shape index (κ2) is 11.6. The lowest BCUT2D eigenvalue weighted by Crippen LogP contribution is -2.48. The first-order chi connectivity index (χ1) is 15.0. The molecule has 2 fully saturated rings. The van der Waals surface area contributed by atoms with Crippen LogP contribution in [0.15, 0.2) is 24.3 Å². The molecule has 2 heterocycles. The zero-order chi connectivity index (χ0) is 23.8. The molecular formula is C22H30F4N2O4. The summed E-state index contributed by atoms with van der Waals surface area (Å²) < 4.78 is 50.1. The summed E-state index contributed by atoms with van der Waals surface area (Å²) in [5.74, 6) is -2.69. The quantitative estimate of drug-likeness (QED) is 0.676. The van der Waals surface area contributed by atoms with Crippen LogP contribution in [0.1, 0.15) is 37.7 Å². The number of nitrogens with zero attached hydrogens (tertiary/aromatic N) is 2. The van der Waals surface area contributed by atoms with Gasteiger partial charge in [0.1, 0.15) is 5.82 Å². The van der Waals surface area contributed by atoms with Crippen LogP contribution in [0.2, 0.25) is 0 Å². The molecule has 1 aromatic carbocycles. The number of hydrogen-bond acceptors (Lipinski definition) is 4. The van der Waals surface area contributed by atoms with Gasteiger partial charge in [0.25, 0.3) is 0 Å². The Labute approximate surface area is 185 Å². The number of carbonyl (C=O) groups is 2. The number of hydrogen-bond donors (Lipinski definition) is 1. The van der Waals surface area contributed by atoms with Gasteiger partial charge < -0.3 is 14.7 Å². The van der Waals surface area contributed by atoms with Crippen LogP contribution in [-0.2, 0) is 20.9 Å². The van der Waals surface area contributed by atoms with Gasteiger partial charge in [0.05, 0.1) is 13.0 Å². The summed E-state index contributed by atoms with van der Waals surface area (Å²) in [6, 6.07) is 6.91. The first kappa shape index (κ1) is 26.1. The SMILES string of the molecule is COCCC(=O)N1CCC2(CCN(Cc3cccc(F)c3)CC2)CC1.O=C(O)C(F)(F)F. The minimum absolute atomic E-state index is 0.156. The van der Waals surface area contributed by atoms with Crippen LogP contribution >= 0.6 is 0 Å². The van der Waals surface area contributed by atoms with Gasteiger partial charge in [0.15, 0.2) is 0 Å². The van der Waals surface area contributed by atoms with Crippen molar-refractivity contribution in [1.29, 1.82) is 0 Å². The highest BCUT2D eigenvalue weighted by atomic mass is 19.4. The van der Waals surface area contributed by atoms with Crippen molar-refractivity contribution < 1.29 is 37.0 Å². The standard InChI is InChI=1S/C20H29FN2O2.C2HF3O2/c1-25-14-5-19(24)23-12-8-20(9-13-23)6-10-22(11-7-20)16-17-3-2-4-18(21)15-17;3-2(4,5)1(6)7/h2-4,15H,5-14,16H2,1H3;(H,6,7). The monoisotopic (exact) mass is 462 g/mol. The third-order valence-electron chi connectivity index (χ3n) is 6.15. The minimum atomic E-state index is -5.08. The maximum Gasteiger partial charge on any atom is 0.490 e. The van der Waals surface area contributed by atoms with E-state index in [2.05, 4.69) is 4.90 Å². The predicted octanol–water partition coefficient (Wildman–Crippen LogP) is 3.70. The van der Waals surface area contributed by atoms with Gasteiger partial charge in [-0.1, -0.05) is 12.1 Å². The lowest BCUT2D eigenvalue weighted by molar-refractivity contribution is -0.192. The highest BCUT2D eigenvalue weighted by molar-refractivity contribution is 5.76. The van der Waals surface area contributed by atoms with Crippen LogP contribution in [0, 0.1) is 11.2 Å². The van der Waals surface area contributed by atoms with E-state index in [1.807, 2.05) is 11.0 Å². The number of alkyl halides is 3. The van der Waals surface area contributed by atoms with Crippen LogP contribution in [0.3, 0.4) is 0 Å². The molecule has 2 saturated heterocycles. The number of ether oxygens (including phenoxy) is 1. The maximum absolute atomic E-state index is 13.3. The van der Waals surface area contributed by atoms with Crippen LogP contribution in [0.25, 0.3) is 0 Å². The normalized spacial score (nSPS) is 18.7. The van der Waals surface area contributed by atoms with Crippen LogP contribution in [-0.4, -0.2) is 72.9 Å². The van der Waals surface area contributed by atoms with Crippen molar-refractivity contribution in [3.8, 4) is 0 Å². The molecule has 32 heavy (non-hydrogen) atoms. The molecule has 2 aliphatic heterocycles. The van der Waals surface area contributed by atoms with Gasteiger partial charge in [-0.25, -0.2) is 9.18 Å². The third kappa shape index (κ3) is 8.05. The predicted molar refractivity (Wildman–Crippen MR) is 109 cm³/mol. The fraction of sp³-hybridized carbons (Fsp3) is 0.636. The second-order valence-corrected chi connectivity index (χ2v) is 8.33. The topological polar surface area (TPSA) is 70.1 Å². The number of carboxylic acids is 1. The number of likely N-dealkylation sites (tertiary alicyclic amines) is 2. The van der Waals surface area contributed by atoms with E-state index in [4.69, 9.17) is 14.6 Å². The second-order valence-electron chi connectivity index (χ2n) is 8.33. The fourth-order valence-electron chi connectivity index (χ4n) is 4.16. The number of amides is 1. The Morgan fingerprint density at radius 2 is 1.66 bits per heavy atom. The smallest absolute Gasteiger partial charge is 0.475 e. The number of piperidine rings is 2. The molecule has 1 aromatic rings. The van der Waals surface area contributed by atoms with Gasteiger partial charge >= 0.3 is 12.1 Å². The first-order valence-electron chi connectivity index (χ1n) is 10.6. The number of aliphatic carboxylic acids is 1. The summed E-state index contributed by atoms with van der Waals surface area (Å²) in [5, 5.41) is 7.12. The molecule has 3 rings (SSSR count). The van der Waals surface area contributed by atoms with Gasteiger partial charge in [0, 0.05) is 26.7 Å². The minimum Gasteiger partial charge on any atom is -0.475 e. The zero-order valence-corrected chi connectivity index (χ0v) is 18.2. The summed E-state index contributed by atoms with van der Waals surface area (Å²) in [7, 11) is 1.64. The van der Waals surface area contributed by atoms with Gasteiger partial charge in [-0.15, -0.1) is 0 Å². The molecule has 0 aliphatic carbocycles. The van der Waals surface area contributed by atoms with Crippen molar-refractivity contribution in [2.45, 2.75) is 44.8 Å². The lowest BCUT2D eigenvalue weighted by atomic mass is 9.71. The van der Waals surface area contributed by atoms with E-state index < -0.39 is 12.1 Å². The van der Waals surface area contributed by atoms with Crippen LogP contribution < -0.4 is 0 Å². The Balaban J connectivity index is 0.000000451. The number of carboxylic acid groups (broad SMARTS) is 1. The van der Waals surface area contributed by atoms with Crippen molar-refractivity contribution in [1.82, 2.24) is 9.80 Å². The van der Waals surface area contributed by atoms with Crippen LogP contribution in [0.5, 0.6) is 0 Å². The average molecular weight is 462 g/mol. The molecule has 1 amide bonds. The van der Waals surface area contributed by atoms with Crippen LogP contribution in [0.4, 0.5) is 17.6 Å². The first-order valence-corrected chi connectivity index (χ1v) is 10.6. The molecule has 1 spiro atoms. The summed E-state index contributed by atoms with van der Waals surface area (Å²) in [5.41, 5.74) is 1.45. The van der Waals surface area contributed by atoms with Gasteiger partial charge in [-0.05, 0) is 61.9 Å². The molecule has 0 atom stereocenters. The molecule has 0 saturated carbocycles. The van der Waals surface area contributed by atoms with E-state index in [0.717, 1.165) is 51.1 Å². The van der Waals surface area contributed by atoms with Crippen molar-refractivity contribution in [2.24, 2.45) is 5.41 Å². The van der Waals surface area contributed by atoms with E-state index in [1.165, 1.54) is 18.9 Å². The average Bonchev–Trinajstić information content (AvgIpc) is 2.74. The Bertz CT molecular complexity index is 755. The molecule has 1 N–H and O–H groups in total.